The molecule has 160 valence electrons. The average molecular weight is 419 g/mol. The van der Waals surface area contributed by atoms with Gasteiger partial charge in [0.1, 0.15) is 5.56 Å². The van der Waals surface area contributed by atoms with Crippen LogP contribution in [0.15, 0.2) is 76.8 Å². The van der Waals surface area contributed by atoms with Crippen LogP contribution in [0.1, 0.15) is 35.3 Å². The van der Waals surface area contributed by atoms with Crippen molar-refractivity contribution in [1.82, 2.24) is 9.99 Å². The van der Waals surface area contributed by atoms with Crippen LogP contribution in [0, 0.1) is 0 Å². The van der Waals surface area contributed by atoms with Gasteiger partial charge in [-0.05, 0) is 55.3 Å². The second-order valence-electron chi connectivity index (χ2n) is 7.12. The predicted molar refractivity (Wildman–Crippen MR) is 120 cm³/mol. The second kappa shape index (κ2) is 10.2. The molecule has 3 rings (SSSR count). The van der Waals surface area contributed by atoms with E-state index in [1.165, 1.54) is 16.8 Å². The third-order valence-corrected chi connectivity index (χ3v) is 4.39. The van der Waals surface area contributed by atoms with Crippen molar-refractivity contribution < 1.29 is 14.3 Å². The minimum Gasteiger partial charge on any atom is -0.493 e. The normalized spacial score (nSPS) is 11.0. The molecule has 1 N–H and O–H groups in total. The molecule has 1 amide bonds. The van der Waals surface area contributed by atoms with Crippen LogP contribution in [0.2, 0.25) is 0 Å². The zero-order valence-corrected chi connectivity index (χ0v) is 17.7. The van der Waals surface area contributed by atoms with E-state index in [-0.39, 0.29) is 17.2 Å². The number of aromatic nitrogens is 1. The van der Waals surface area contributed by atoms with Gasteiger partial charge in [-0.2, -0.15) is 5.10 Å². The molecule has 1 heterocycles. The van der Waals surface area contributed by atoms with Crippen LogP contribution in [0.3, 0.4) is 0 Å². The molecule has 1 aromatic heterocycles. The van der Waals surface area contributed by atoms with Gasteiger partial charge in [-0.3, -0.25) is 9.59 Å². The van der Waals surface area contributed by atoms with E-state index in [1.54, 1.807) is 37.6 Å². The van der Waals surface area contributed by atoms with Crippen LogP contribution in [-0.2, 0) is 6.54 Å². The number of hydrazone groups is 1. The maximum absolute atomic E-state index is 12.7. The first-order valence-electron chi connectivity index (χ1n) is 9.89. The second-order valence-corrected chi connectivity index (χ2v) is 7.12. The van der Waals surface area contributed by atoms with Crippen molar-refractivity contribution in [2.24, 2.45) is 5.10 Å². The molecule has 2 aromatic carbocycles. The fourth-order valence-corrected chi connectivity index (χ4v) is 2.96. The van der Waals surface area contributed by atoms with E-state index in [4.69, 9.17) is 9.47 Å². The number of methoxy groups -OCH3 is 1. The zero-order chi connectivity index (χ0) is 22.2. The minimum absolute atomic E-state index is 0.0167. The molecule has 0 bridgehead atoms. The Bertz CT molecular complexity index is 1120. The monoisotopic (exact) mass is 419 g/mol. The molecule has 0 radical (unpaired) electrons. The minimum atomic E-state index is -0.573. The molecule has 0 saturated heterocycles. The molecule has 0 aliphatic heterocycles. The van der Waals surface area contributed by atoms with Crippen LogP contribution < -0.4 is 20.5 Å². The summed E-state index contributed by atoms with van der Waals surface area (Å²) in [4.78, 5) is 25.2. The molecule has 0 atom stereocenters. The fourth-order valence-electron chi connectivity index (χ4n) is 2.96. The molecule has 0 unspecified atom stereocenters. The summed E-state index contributed by atoms with van der Waals surface area (Å²) >= 11 is 0. The van der Waals surface area contributed by atoms with Crippen molar-refractivity contribution in [2.45, 2.75) is 26.5 Å². The van der Waals surface area contributed by atoms with Gasteiger partial charge in [-0.25, -0.2) is 5.43 Å². The molecule has 7 heteroatoms. The number of carbonyl (C=O) groups excluding carboxylic acids is 1. The maximum atomic E-state index is 12.7. The van der Waals surface area contributed by atoms with E-state index in [2.05, 4.69) is 10.5 Å². The number of ether oxygens (including phenoxy) is 2. The molecule has 0 fully saturated rings. The lowest BCUT2D eigenvalue weighted by Crippen LogP contribution is -2.30. The smallest absolute Gasteiger partial charge is 0.276 e. The van der Waals surface area contributed by atoms with Crippen molar-refractivity contribution in [3.05, 3.63) is 93.9 Å². The first-order valence-corrected chi connectivity index (χ1v) is 9.89. The number of carbonyl (C=O) groups is 1. The number of hydrogen-bond donors (Lipinski definition) is 1. The average Bonchev–Trinajstić information content (AvgIpc) is 2.75. The lowest BCUT2D eigenvalue weighted by atomic mass is 10.2. The molecule has 0 saturated carbocycles. The van der Waals surface area contributed by atoms with E-state index >= 15 is 0 Å². The highest BCUT2D eigenvalue weighted by Crippen LogP contribution is 2.28. The highest BCUT2D eigenvalue weighted by atomic mass is 16.5. The third kappa shape index (κ3) is 5.82. The number of rotatable bonds is 8. The zero-order valence-electron chi connectivity index (χ0n) is 17.7. The quantitative estimate of drug-likeness (QED) is 0.448. The topological polar surface area (TPSA) is 81.9 Å². The maximum Gasteiger partial charge on any atom is 0.276 e. The van der Waals surface area contributed by atoms with E-state index in [1.807, 2.05) is 44.2 Å². The fraction of sp³-hybridized carbons (Fsp3) is 0.208. The van der Waals surface area contributed by atoms with Crippen LogP contribution in [0.4, 0.5) is 0 Å². The number of nitrogens with zero attached hydrogens (tertiary/aromatic N) is 2. The number of pyridine rings is 1. The van der Waals surface area contributed by atoms with Gasteiger partial charge in [-0.15, -0.1) is 0 Å². The summed E-state index contributed by atoms with van der Waals surface area (Å²) in [5.41, 5.74) is 3.74. The first-order chi connectivity index (χ1) is 15.0. The molecular weight excluding hydrogens is 394 g/mol. The van der Waals surface area contributed by atoms with Gasteiger partial charge in [0.2, 0.25) is 0 Å². The van der Waals surface area contributed by atoms with Crippen molar-refractivity contribution >= 4 is 12.1 Å². The van der Waals surface area contributed by atoms with E-state index < -0.39 is 5.91 Å². The Hall–Kier alpha value is -3.87. The molecule has 0 aliphatic rings. The van der Waals surface area contributed by atoms with E-state index in [0.29, 0.717) is 23.6 Å². The SMILES string of the molecule is COc1ccc(/C=N\NC(=O)c2cccn(Cc3ccccc3)c2=O)cc1OC(C)C. The Morgan fingerprint density at radius 2 is 1.87 bits per heavy atom. The summed E-state index contributed by atoms with van der Waals surface area (Å²) < 4.78 is 12.5. The van der Waals surface area contributed by atoms with Crippen molar-refractivity contribution in [3.8, 4) is 11.5 Å². The Balaban J connectivity index is 1.72. The molecule has 7 nitrogen and oxygen atoms in total. The lowest BCUT2D eigenvalue weighted by molar-refractivity contribution is 0.0953. The Labute approximate surface area is 180 Å². The van der Waals surface area contributed by atoms with Gasteiger partial charge in [0.25, 0.3) is 11.5 Å². The highest BCUT2D eigenvalue weighted by Gasteiger charge is 2.12. The van der Waals surface area contributed by atoms with Gasteiger partial charge in [0.15, 0.2) is 11.5 Å². The predicted octanol–water partition coefficient (Wildman–Crippen LogP) is 3.46. The number of nitrogens with one attached hydrogen (secondary N) is 1. The standard InChI is InChI=1S/C24H25N3O4/c1-17(2)31-22-14-19(11-12-21(22)30-3)15-25-26-23(28)20-10-7-13-27(24(20)29)16-18-8-5-4-6-9-18/h4-15,17H,16H2,1-3H3,(H,26,28)/b25-15-. The van der Waals surface area contributed by atoms with E-state index in [9.17, 15) is 9.59 Å². The van der Waals surface area contributed by atoms with Crippen LogP contribution in [-0.4, -0.2) is 29.9 Å². The summed E-state index contributed by atoms with van der Waals surface area (Å²) in [5.74, 6) is 0.619. The summed E-state index contributed by atoms with van der Waals surface area (Å²) in [6.45, 7) is 4.23. The summed E-state index contributed by atoms with van der Waals surface area (Å²) in [6.07, 6.45) is 3.12. The van der Waals surface area contributed by atoms with Crippen LogP contribution >= 0.6 is 0 Å². The van der Waals surface area contributed by atoms with Gasteiger partial charge in [-0.1, -0.05) is 30.3 Å². The number of benzene rings is 2. The summed E-state index contributed by atoms with van der Waals surface area (Å²) in [5, 5.41) is 3.98. The number of amides is 1. The Morgan fingerprint density at radius 1 is 1.10 bits per heavy atom. The first kappa shape index (κ1) is 21.8. The summed E-state index contributed by atoms with van der Waals surface area (Å²) in [7, 11) is 1.57. The Kier molecular flexibility index (Phi) is 7.22. The number of hydrogen-bond acceptors (Lipinski definition) is 5. The van der Waals surface area contributed by atoms with Crippen molar-refractivity contribution in [3.63, 3.8) is 0 Å². The Morgan fingerprint density at radius 3 is 2.58 bits per heavy atom. The molecule has 31 heavy (non-hydrogen) atoms. The van der Waals surface area contributed by atoms with Gasteiger partial charge in [0, 0.05) is 6.20 Å². The van der Waals surface area contributed by atoms with Gasteiger partial charge in [0.05, 0.1) is 26.0 Å². The van der Waals surface area contributed by atoms with Gasteiger partial charge >= 0.3 is 0 Å². The largest absolute Gasteiger partial charge is 0.493 e. The van der Waals surface area contributed by atoms with Crippen LogP contribution in [0.5, 0.6) is 11.5 Å². The van der Waals surface area contributed by atoms with Crippen molar-refractivity contribution in [2.75, 3.05) is 7.11 Å². The highest BCUT2D eigenvalue weighted by molar-refractivity contribution is 5.94. The molecular formula is C24H25N3O4. The van der Waals surface area contributed by atoms with Crippen LogP contribution in [0.25, 0.3) is 0 Å². The lowest BCUT2D eigenvalue weighted by Gasteiger charge is -2.13. The molecule has 0 aliphatic carbocycles. The summed E-state index contributed by atoms with van der Waals surface area (Å²) in [6, 6.07) is 18.0. The molecule has 3 aromatic rings. The van der Waals surface area contributed by atoms with Crippen molar-refractivity contribution in [1.29, 1.82) is 0 Å². The van der Waals surface area contributed by atoms with E-state index in [0.717, 1.165) is 5.56 Å². The molecule has 0 spiro atoms. The third-order valence-electron chi connectivity index (χ3n) is 4.39. The van der Waals surface area contributed by atoms with Gasteiger partial charge < -0.3 is 14.0 Å².